The molecule has 0 unspecified atom stereocenters. The Kier molecular flexibility index (Phi) is 3.35. The fourth-order valence-electron chi connectivity index (χ4n) is 0.360. The Labute approximate surface area is 61.2 Å². The molecule has 0 aliphatic heterocycles. The van der Waals surface area contributed by atoms with Crippen LogP contribution in [0, 0.1) is 11.8 Å². The van der Waals surface area contributed by atoms with Gasteiger partial charge in [0.15, 0.2) is 0 Å². The van der Waals surface area contributed by atoms with Gasteiger partial charge in [0.1, 0.15) is 10.7 Å². The molecule has 0 radical (unpaired) electrons. The highest BCUT2D eigenvalue weighted by Crippen LogP contribution is 1.86. The van der Waals surface area contributed by atoms with Crippen molar-refractivity contribution in [3.05, 3.63) is 10.7 Å². The molecule has 8 heteroatoms. The van der Waals surface area contributed by atoms with Gasteiger partial charge in [-0.25, -0.2) is 10.4 Å². The van der Waals surface area contributed by atoms with E-state index in [1.54, 1.807) is 6.92 Å². The van der Waals surface area contributed by atoms with Crippen molar-refractivity contribution in [1.82, 2.24) is 15.2 Å². The van der Waals surface area contributed by atoms with Crippen molar-refractivity contribution in [3.63, 3.8) is 0 Å². The first-order valence-corrected chi connectivity index (χ1v) is 2.52. The van der Waals surface area contributed by atoms with Crippen LogP contribution in [0.4, 0.5) is 5.95 Å². The maximum absolute atomic E-state index is 8.47. The highest BCUT2D eigenvalue weighted by atomic mass is 16.9. The van der Waals surface area contributed by atoms with E-state index >= 15 is 0 Å². The number of anilines is 1. The van der Waals surface area contributed by atoms with E-state index in [4.69, 9.17) is 21.1 Å². The molecule has 0 aliphatic rings. The molecule has 0 spiro atoms. The van der Waals surface area contributed by atoms with Crippen LogP contribution in [0.5, 0.6) is 0 Å². The normalized spacial score (nSPS) is 8.09. The topological polar surface area (TPSA) is 128 Å². The van der Waals surface area contributed by atoms with Crippen LogP contribution in [0.2, 0.25) is 0 Å². The quantitative estimate of drug-likeness (QED) is 0.371. The van der Waals surface area contributed by atoms with Gasteiger partial charge in [0, 0.05) is 0 Å². The Morgan fingerprint density at radius 3 is 2.18 bits per heavy atom. The summed E-state index contributed by atoms with van der Waals surface area (Å²) < 4.78 is 0. The monoisotopic (exact) mass is 162 g/mol. The largest absolute Gasteiger partial charge is 0.472 e. The molecule has 0 saturated carbocycles. The third-order valence-corrected chi connectivity index (χ3v) is 0.615. The Hall–Kier alpha value is -1.86. The Balaban J connectivity index is 0.000000218. The summed E-state index contributed by atoms with van der Waals surface area (Å²) in [5.41, 5.74) is 5.13. The lowest BCUT2D eigenvalue weighted by molar-refractivity contribution is -0.969. The second kappa shape index (κ2) is 4.04. The van der Waals surface area contributed by atoms with E-state index in [1.165, 1.54) is 0 Å². The number of nitrogens with two attached hydrogens (primary N) is 1. The fourth-order valence-corrected chi connectivity index (χ4v) is 0.360. The molecule has 5 N–H and O–H groups in total. The van der Waals surface area contributed by atoms with Gasteiger partial charge < -0.3 is 5.73 Å². The average Bonchev–Trinajstić information content (AvgIpc) is 2.13. The zero-order valence-electron chi connectivity index (χ0n) is 5.72. The predicted octanol–water partition coefficient (Wildman–Crippen LogP) is -0.761. The van der Waals surface area contributed by atoms with Crippen molar-refractivity contribution in [3.8, 4) is 0 Å². The van der Waals surface area contributed by atoms with Gasteiger partial charge in [-0.2, -0.15) is 4.98 Å². The van der Waals surface area contributed by atoms with Crippen LogP contribution >= 0.6 is 0 Å². The van der Waals surface area contributed by atoms with Gasteiger partial charge in [-0.05, 0) is 6.92 Å². The number of nitrogens with zero attached hydrogens (tertiary/aromatic N) is 3. The molecule has 0 amide bonds. The molecule has 0 aromatic carbocycles. The number of aryl methyl sites for hydroxylation is 1. The van der Waals surface area contributed by atoms with Crippen LogP contribution in [0.15, 0.2) is 0 Å². The number of nitrogen functional groups attached to an aromatic ring is 1. The second-order valence-corrected chi connectivity index (χ2v) is 1.53. The highest BCUT2D eigenvalue weighted by molar-refractivity contribution is 5.11. The molecule has 0 bridgehead atoms. The van der Waals surface area contributed by atoms with Crippen LogP contribution in [0.25, 0.3) is 0 Å². The summed E-state index contributed by atoms with van der Waals surface area (Å²) in [6.07, 6.45) is 0. The van der Waals surface area contributed by atoms with Crippen molar-refractivity contribution < 1.29 is 15.5 Å². The number of rotatable bonds is 0. The molecule has 1 rings (SSSR count). The molecule has 62 valence electrons. The van der Waals surface area contributed by atoms with Gasteiger partial charge in [0.2, 0.25) is 5.95 Å². The van der Waals surface area contributed by atoms with E-state index in [1.807, 2.05) is 0 Å². The molecule has 0 saturated heterocycles. The molecule has 0 fully saturated rings. The van der Waals surface area contributed by atoms with Crippen molar-refractivity contribution in [2.45, 2.75) is 6.92 Å². The summed E-state index contributed by atoms with van der Waals surface area (Å²) in [5.74, 6) is 1.05. The summed E-state index contributed by atoms with van der Waals surface area (Å²) in [7, 11) is 0. The van der Waals surface area contributed by atoms with Crippen molar-refractivity contribution in [2.75, 3.05) is 5.73 Å². The molecule has 0 aliphatic carbocycles. The number of nitrogens with one attached hydrogen (secondary N) is 1. The molecule has 1 aromatic rings. The van der Waals surface area contributed by atoms with E-state index in [0.29, 0.717) is 5.95 Å². The minimum atomic E-state index is -1.25. The molecular formula is C3H8N5O3+. The Bertz CT molecular complexity index is 212. The first-order chi connectivity index (χ1) is 5.02. The number of hydrogen-bond acceptors (Lipinski definition) is 4. The maximum atomic E-state index is 8.47. The average molecular weight is 162 g/mol. The summed E-state index contributed by atoms with van der Waals surface area (Å²) in [6.45, 7) is 1.80. The Morgan fingerprint density at radius 1 is 1.64 bits per heavy atom. The summed E-state index contributed by atoms with van der Waals surface area (Å²) in [5, 5.41) is 18.7. The second-order valence-electron chi connectivity index (χ2n) is 1.53. The van der Waals surface area contributed by atoms with Crippen molar-refractivity contribution in [1.29, 1.82) is 0 Å². The van der Waals surface area contributed by atoms with Gasteiger partial charge in [0.25, 0.3) is 0 Å². The number of aromatic amines is 1. The maximum Gasteiger partial charge on any atom is 0.472 e. The summed E-state index contributed by atoms with van der Waals surface area (Å²) in [4.78, 5) is 12.2. The van der Waals surface area contributed by atoms with E-state index < -0.39 is 5.09 Å². The van der Waals surface area contributed by atoms with Crippen LogP contribution in [-0.2, 0) is 0 Å². The third-order valence-electron chi connectivity index (χ3n) is 0.615. The number of hydrogen-bond donors (Lipinski definition) is 4. The minimum Gasteiger partial charge on any atom is -0.367 e. The van der Waals surface area contributed by atoms with E-state index in [2.05, 4.69) is 15.2 Å². The molecule has 11 heavy (non-hydrogen) atoms. The van der Waals surface area contributed by atoms with Gasteiger partial charge in [-0.15, -0.1) is 5.10 Å². The first-order valence-electron chi connectivity index (χ1n) is 2.52. The van der Waals surface area contributed by atoms with Crippen LogP contribution in [0.1, 0.15) is 5.82 Å². The minimum absolute atomic E-state index is 0.303. The lowest BCUT2D eigenvalue weighted by Crippen LogP contribution is -1.87. The summed E-state index contributed by atoms with van der Waals surface area (Å²) >= 11 is 0. The molecule has 1 aromatic heterocycles. The van der Waals surface area contributed by atoms with Crippen molar-refractivity contribution in [2.24, 2.45) is 0 Å². The first kappa shape index (κ1) is 9.14. The highest BCUT2D eigenvalue weighted by Gasteiger charge is 1.86. The zero-order valence-corrected chi connectivity index (χ0v) is 5.72. The Morgan fingerprint density at radius 2 is 2.09 bits per heavy atom. The zero-order chi connectivity index (χ0) is 8.85. The van der Waals surface area contributed by atoms with Crippen LogP contribution in [0.3, 0.4) is 0 Å². The van der Waals surface area contributed by atoms with Gasteiger partial charge >= 0.3 is 5.09 Å². The van der Waals surface area contributed by atoms with Crippen molar-refractivity contribution >= 4 is 5.95 Å². The molecule has 1 heterocycles. The van der Waals surface area contributed by atoms with Gasteiger partial charge in [0.05, 0.1) is 0 Å². The molecule has 8 nitrogen and oxygen atoms in total. The smallest absolute Gasteiger partial charge is 0.367 e. The fraction of sp³-hybridized carbons (Fsp3) is 0.333. The summed E-state index contributed by atoms with van der Waals surface area (Å²) in [6, 6.07) is 0. The lowest BCUT2D eigenvalue weighted by Gasteiger charge is -1.68. The number of H-pyrrole nitrogens is 1. The third kappa shape index (κ3) is 6.02. The standard InChI is InChI=1S/C3H6N4.H2NO3/c1-2-5-3(4)7-6-2;2-1(3)4/h1H3,(H3,4,5,6,7);(H2,2,3,4)/q;+1. The van der Waals surface area contributed by atoms with Gasteiger partial charge in [-0.1, -0.05) is 0 Å². The SMILES string of the molecule is Cc1nc(N)n[nH]1.O=[N+](O)O. The van der Waals surface area contributed by atoms with Gasteiger partial charge in [-0.3, -0.25) is 5.10 Å². The lowest BCUT2D eigenvalue weighted by atomic mass is 10.8. The van der Waals surface area contributed by atoms with Crippen LogP contribution in [-0.4, -0.2) is 30.7 Å². The van der Waals surface area contributed by atoms with E-state index in [-0.39, 0.29) is 0 Å². The number of aromatic nitrogens is 3. The molecular weight excluding hydrogens is 154 g/mol. The predicted molar refractivity (Wildman–Crippen MR) is 32.7 cm³/mol. The van der Waals surface area contributed by atoms with Crippen LogP contribution < -0.4 is 5.73 Å². The molecule has 0 atom stereocenters. The van der Waals surface area contributed by atoms with E-state index in [9.17, 15) is 0 Å². The van der Waals surface area contributed by atoms with E-state index in [0.717, 1.165) is 5.82 Å².